The Bertz CT molecular complexity index is 468. The number of nitrogens with one attached hydrogen (secondary N) is 2. The smallest absolute Gasteiger partial charge is 0.408 e. The number of ether oxygens (including phenoxy) is 1. The van der Waals surface area contributed by atoms with E-state index in [2.05, 4.69) is 17.2 Å². The van der Waals surface area contributed by atoms with Crippen molar-refractivity contribution in [1.82, 2.24) is 10.6 Å². The molecule has 0 fully saturated rings. The first-order valence-corrected chi connectivity index (χ1v) is 7.58. The molecule has 23 heavy (non-hydrogen) atoms. The molecule has 0 spiro atoms. The minimum atomic E-state index is -1.47. The molecule has 2 amide bonds. The Kier molecular flexibility index (Phi) is 7.27. The van der Waals surface area contributed by atoms with Gasteiger partial charge in [-0.2, -0.15) is 0 Å². The van der Waals surface area contributed by atoms with Crippen LogP contribution in [0.15, 0.2) is 12.7 Å². The molecule has 1 unspecified atom stereocenters. The first kappa shape index (κ1) is 20.9. The number of rotatable bonds is 7. The van der Waals surface area contributed by atoms with E-state index in [1.165, 1.54) is 6.08 Å². The SMILES string of the molecule is C=CC(NC(=O)OC(C)(C)C)(C(=O)N[C@@H](CC)C(=O)O)C(C)C. The van der Waals surface area contributed by atoms with Crippen LogP contribution in [0.1, 0.15) is 48.0 Å². The Morgan fingerprint density at radius 1 is 1.26 bits per heavy atom. The van der Waals surface area contributed by atoms with E-state index in [1.54, 1.807) is 41.5 Å². The van der Waals surface area contributed by atoms with Gasteiger partial charge < -0.3 is 20.5 Å². The van der Waals surface area contributed by atoms with E-state index in [4.69, 9.17) is 9.84 Å². The van der Waals surface area contributed by atoms with Gasteiger partial charge in [-0.15, -0.1) is 6.58 Å². The standard InChI is InChI=1S/C16H28N2O5/c1-8-11(12(19)20)17-13(21)16(9-2,10(3)4)18-14(22)23-15(5,6)7/h9-11H,2,8H2,1,3-7H3,(H,17,21)(H,18,22)(H,19,20)/t11-,16?/m0/s1. The summed E-state index contributed by atoms with van der Waals surface area (Å²) >= 11 is 0. The van der Waals surface area contributed by atoms with Gasteiger partial charge in [0.25, 0.3) is 5.91 Å². The lowest BCUT2D eigenvalue weighted by molar-refractivity contribution is -0.143. The predicted octanol–water partition coefficient (Wildman–Crippen LogP) is 2.07. The second-order valence-corrected chi connectivity index (χ2v) is 6.63. The summed E-state index contributed by atoms with van der Waals surface area (Å²) in [6.07, 6.45) is 0.745. The maximum Gasteiger partial charge on any atom is 0.408 e. The molecular weight excluding hydrogens is 300 g/mol. The number of amides is 2. The highest BCUT2D eigenvalue weighted by molar-refractivity contribution is 5.94. The van der Waals surface area contributed by atoms with Gasteiger partial charge in [0.1, 0.15) is 17.2 Å². The zero-order valence-corrected chi connectivity index (χ0v) is 14.7. The van der Waals surface area contributed by atoms with Crippen molar-refractivity contribution in [3.63, 3.8) is 0 Å². The van der Waals surface area contributed by atoms with Crippen LogP contribution < -0.4 is 10.6 Å². The van der Waals surface area contributed by atoms with Crippen LogP contribution in [0, 0.1) is 5.92 Å². The molecule has 0 aromatic heterocycles. The Balaban J connectivity index is 5.41. The second kappa shape index (κ2) is 7.99. The number of carboxylic acids is 1. The molecule has 0 aliphatic heterocycles. The highest BCUT2D eigenvalue weighted by atomic mass is 16.6. The van der Waals surface area contributed by atoms with E-state index in [1.807, 2.05) is 0 Å². The summed E-state index contributed by atoms with van der Waals surface area (Å²) in [5.41, 5.74) is -2.19. The Morgan fingerprint density at radius 2 is 1.78 bits per heavy atom. The van der Waals surface area contributed by atoms with E-state index in [0.29, 0.717) is 0 Å². The van der Waals surface area contributed by atoms with Gasteiger partial charge in [0.2, 0.25) is 0 Å². The monoisotopic (exact) mass is 328 g/mol. The van der Waals surface area contributed by atoms with E-state index in [0.717, 1.165) is 0 Å². The molecule has 0 aromatic carbocycles. The van der Waals surface area contributed by atoms with Gasteiger partial charge in [-0.1, -0.05) is 26.8 Å². The molecule has 0 aliphatic carbocycles. The maximum absolute atomic E-state index is 12.6. The van der Waals surface area contributed by atoms with Crippen molar-refractivity contribution in [1.29, 1.82) is 0 Å². The summed E-state index contributed by atoms with van der Waals surface area (Å²) < 4.78 is 5.18. The van der Waals surface area contributed by atoms with Crippen molar-refractivity contribution in [3.8, 4) is 0 Å². The fourth-order valence-corrected chi connectivity index (χ4v) is 1.93. The van der Waals surface area contributed by atoms with Crippen LogP contribution in [0.25, 0.3) is 0 Å². The molecule has 0 saturated heterocycles. The first-order valence-electron chi connectivity index (χ1n) is 7.58. The number of hydrogen-bond donors (Lipinski definition) is 3. The highest BCUT2D eigenvalue weighted by Gasteiger charge is 2.42. The van der Waals surface area contributed by atoms with Crippen LogP contribution in [0.3, 0.4) is 0 Å². The molecular formula is C16H28N2O5. The Labute approximate surface area is 137 Å². The number of aliphatic carboxylic acids is 1. The van der Waals surface area contributed by atoms with Crippen molar-refractivity contribution >= 4 is 18.0 Å². The van der Waals surface area contributed by atoms with Crippen LogP contribution in [-0.2, 0) is 14.3 Å². The minimum absolute atomic E-state index is 0.221. The third-order valence-electron chi connectivity index (χ3n) is 3.33. The van der Waals surface area contributed by atoms with Gasteiger partial charge in [0.15, 0.2) is 0 Å². The van der Waals surface area contributed by atoms with Crippen LogP contribution in [0.4, 0.5) is 4.79 Å². The van der Waals surface area contributed by atoms with E-state index in [9.17, 15) is 14.4 Å². The van der Waals surface area contributed by atoms with Gasteiger partial charge in [-0.3, -0.25) is 4.79 Å². The van der Waals surface area contributed by atoms with Crippen molar-refractivity contribution in [2.24, 2.45) is 5.92 Å². The molecule has 0 heterocycles. The van der Waals surface area contributed by atoms with Crippen LogP contribution in [0.5, 0.6) is 0 Å². The lowest BCUT2D eigenvalue weighted by atomic mass is 9.85. The molecule has 0 rings (SSSR count). The average molecular weight is 328 g/mol. The molecule has 2 atom stereocenters. The number of carbonyl (C=O) groups excluding carboxylic acids is 2. The minimum Gasteiger partial charge on any atom is -0.480 e. The summed E-state index contributed by atoms with van der Waals surface area (Å²) in [5, 5.41) is 14.0. The van der Waals surface area contributed by atoms with Crippen molar-refractivity contribution in [3.05, 3.63) is 12.7 Å². The molecule has 0 bridgehead atoms. The van der Waals surface area contributed by atoms with Crippen LogP contribution in [0.2, 0.25) is 0 Å². The zero-order valence-electron chi connectivity index (χ0n) is 14.7. The Hall–Kier alpha value is -2.05. The molecule has 0 radical (unpaired) electrons. The van der Waals surface area contributed by atoms with Gasteiger partial charge in [-0.25, -0.2) is 9.59 Å². The molecule has 7 nitrogen and oxygen atoms in total. The normalized spacial score (nSPS) is 15.3. The highest BCUT2D eigenvalue weighted by Crippen LogP contribution is 2.21. The number of carboxylic acid groups (broad SMARTS) is 1. The molecule has 132 valence electrons. The molecule has 0 saturated carbocycles. The van der Waals surface area contributed by atoms with Gasteiger partial charge in [0, 0.05) is 0 Å². The van der Waals surface area contributed by atoms with Crippen LogP contribution >= 0.6 is 0 Å². The fourth-order valence-electron chi connectivity index (χ4n) is 1.93. The lowest BCUT2D eigenvalue weighted by Gasteiger charge is -2.35. The second-order valence-electron chi connectivity index (χ2n) is 6.63. The third kappa shape index (κ3) is 5.92. The summed E-state index contributed by atoms with van der Waals surface area (Å²) in [7, 11) is 0. The third-order valence-corrected chi connectivity index (χ3v) is 3.33. The Morgan fingerprint density at radius 3 is 2.09 bits per heavy atom. The van der Waals surface area contributed by atoms with Gasteiger partial charge >= 0.3 is 12.1 Å². The maximum atomic E-state index is 12.6. The predicted molar refractivity (Wildman–Crippen MR) is 87.0 cm³/mol. The molecule has 3 N–H and O–H groups in total. The van der Waals surface area contributed by atoms with Crippen molar-refractivity contribution in [2.75, 3.05) is 0 Å². The van der Waals surface area contributed by atoms with E-state index < -0.39 is 35.2 Å². The van der Waals surface area contributed by atoms with Gasteiger partial charge in [0.05, 0.1) is 0 Å². The van der Waals surface area contributed by atoms with Crippen LogP contribution in [-0.4, -0.2) is 40.3 Å². The lowest BCUT2D eigenvalue weighted by Crippen LogP contribution is -2.63. The summed E-state index contributed by atoms with van der Waals surface area (Å²) in [4.78, 5) is 35.8. The summed E-state index contributed by atoms with van der Waals surface area (Å²) in [6.45, 7) is 13.8. The topological polar surface area (TPSA) is 105 Å². The average Bonchev–Trinajstić information content (AvgIpc) is 2.38. The number of alkyl carbamates (subject to hydrolysis) is 1. The molecule has 0 aromatic rings. The van der Waals surface area contributed by atoms with E-state index >= 15 is 0 Å². The molecule has 7 heteroatoms. The number of hydrogen-bond acceptors (Lipinski definition) is 4. The molecule has 0 aliphatic rings. The van der Waals surface area contributed by atoms with Crippen molar-refractivity contribution in [2.45, 2.75) is 65.1 Å². The fraction of sp³-hybridized carbons (Fsp3) is 0.688. The summed E-state index contributed by atoms with van der Waals surface area (Å²) in [5.74, 6) is -2.14. The van der Waals surface area contributed by atoms with Crippen molar-refractivity contribution < 1.29 is 24.2 Å². The zero-order chi connectivity index (χ0) is 18.4. The number of carbonyl (C=O) groups is 3. The first-order chi connectivity index (χ1) is 10.4. The quantitative estimate of drug-likeness (QED) is 0.621. The van der Waals surface area contributed by atoms with Gasteiger partial charge in [-0.05, 0) is 33.1 Å². The largest absolute Gasteiger partial charge is 0.480 e. The summed E-state index contributed by atoms with van der Waals surface area (Å²) in [6, 6.07) is -1.04. The van der Waals surface area contributed by atoms with E-state index in [-0.39, 0.29) is 12.3 Å².